The number of nitrogens with zero attached hydrogens (tertiary/aromatic N) is 4. The van der Waals surface area contributed by atoms with E-state index in [0.29, 0.717) is 0 Å². The van der Waals surface area contributed by atoms with Crippen molar-refractivity contribution in [2.45, 2.75) is 13.0 Å². The summed E-state index contributed by atoms with van der Waals surface area (Å²) in [5.74, 6) is 0.961. The van der Waals surface area contributed by atoms with Crippen molar-refractivity contribution in [1.29, 1.82) is 0 Å². The number of amides is 1. The van der Waals surface area contributed by atoms with Gasteiger partial charge in [0.2, 0.25) is 5.91 Å². The summed E-state index contributed by atoms with van der Waals surface area (Å²) in [6, 6.07) is 16.0. The second-order valence-corrected chi connectivity index (χ2v) is 7.64. The first-order valence-electron chi connectivity index (χ1n) is 10.4. The zero-order valence-electron chi connectivity index (χ0n) is 17.2. The molecule has 0 saturated carbocycles. The molecule has 6 heteroatoms. The van der Waals surface area contributed by atoms with Gasteiger partial charge in [0, 0.05) is 62.6 Å². The number of pyridine rings is 2. The summed E-state index contributed by atoms with van der Waals surface area (Å²) >= 11 is 0. The van der Waals surface area contributed by atoms with E-state index >= 15 is 0 Å². The van der Waals surface area contributed by atoms with Gasteiger partial charge in [0.1, 0.15) is 5.82 Å². The van der Waals surface area contributed by atoms with Gasteiger partial charge in [-0.25, -0.2) is 4.98 Å². The second-order valence-electron chi connectivity index (χ2n) is 7.64. The number of benzene rings is 1. The first-order chi connectivity index (χ1) is 14.7. The topological polar surface area (TPSA) is 61.4 Å². The van der Waals surface area contributed by atoms with E-state index in [1.807, 2.05) is 54.7 Å². The average molecular weight is 402 g/mol. The number of carbonyl (C=O) groups excluding carboxylic acids is 1. The van der Waals surface area contributed by atoms with Gasteiger partial charge < -0.3 is 10.2 Å². The monoisotopic (exact) mass is 401 g/mol. The van der Waals surface area contributed by atoms with Crippen LogP contribution in [0.2, 0.25) is 0 Å². The Balaban J connectivity index is 1.26. The molecule has 0 radical (unpaired) electrons. The van der Waals surface area contributed by atoms with E-state index < -0.39 is 0 Å². The van der Waals surface area contributed by atoms with E-state index in [1.54, 1.807) is 12.3 Å². The summed E-state index contributed by atoms with van der Waals surface area (Å²) in [6.45, 7) is 6.73. The lowest BCUT2D eigenvalue weighted by Gasteiger charge is -2.36. The van der Waals surface area contributed by atoms with Gasteiger partial charge in [-0.2, -0.15) is 0 Å². The van der Waals surface area contributed by atoms with Crippen LogP contribution in [0.4, 0.5) is 5.82 Å². The Kier molecular flexibility index (Phi) is 6.35. The van der Waals surface area contributed by atoms with Crippen molar-refractivity contribution in [1.82, 2.24) is 20.2 Å². The molecule has 1 atom stereocenters. The lowest BCUT2D eigenvalue weighted by molar-refractivity contribution is -0.117. The SMILES string of the molecule is CC(CN1CCN(c2ccccn2)CC1)NC(=O)/C=C/c1ccnc2ccccc12. The van der Waals surface area contributed by atoms with Crippen LogP contribution in [0, 0.1) is 0 Å². The first kappa shape index (κ1) is 20.0. The Labute approximate surface area is 177 Å². The van der Waals surface area contributed by atoms with Gasteiger partial charge in [0.05, 0.1) is 5.52 Å². The number of hydrogen-bond acceptors (Lipinski definition) is 5. The van der Waals surface area contributed by atoms with Crippen molar-refractivity contribution in [3.8, 4) is 0 Å². The van der Waals surface area contributed by atoms with E-state index in [4.69, 9.17) is 0 Å². The van der Waals surface area contributed by atoms with Crippen molar-refractivity contribution in [3.05, 3.63) is 72.6 Å². The predicted octanol–water partition coefficient (Wildman–Crippen LogP) is 2.97. The standard InChI is InChI=1S/C24H27N5O/c1-19(18-28-14-16-29(17-15-28)23-8-4-5-12-26-23)27-24(30)10-9-20-11-13-25-22-7-3-2-6-21(20)22/h2-13,19H,14-18H2,1H3,(H,27,30)/b10-9+. The van der Waals surface area contributed by atoms with Crippen molar-refractivity contribution in [2.75, 3.05) is 37.6 Å². The van der Waals surface area contributed by atoms with Gasteiger partial charge in [-0.1, -0.05) is 24.3 Å². The van der Waals surface area contributed by atoms with E-state index in [0.717, 1.165) is 55.0 Å². The largest absolute Gasteiger partial charge is 0.354 e. The molecule has 3 heterocycles. The quantitative estimate of drug-likeness (QED) is 0.644. The molecule has 1 aliphatic rings. The minimum Gasteiger partial charge on any atom is -0.354 e. The molecule has 1 aliphatic heterocycles. The maximum Gasteiger partial charge on any atom is 0.244 e. The molecule has 1 saturated heterocycles. The third kappa shape index (κ3) is 5.02. The number of rotatable bonds is 6. The Morgan fingerprint density at radius 2 is 1.83 bits per heavy atom. The number of nitrogens with one attached hydrogen (secondary N) is 1. The number of piperazine rings is 1. The molecular formula is C24H27N5O. The maximum absolute atomic E-state index is 12.4. The molecule has 1 aromatic carbocycles. The molecule has 154 valence electrons. The summed E-state index contributed by atoms with van der Waals surface area (Å²) in [6.07, 6.45) is 7.07. The summed E-state index contributed by atoms with van der Waals surface area (Å²) in [5.41, 5.74) is 1.92. The van der Waals surface area contributed by atoms with Crippen LogP contribution in [-0.4, -0.2) is 59.5 Å². The van der Waals surface area contributed by atoms with Gasteiger partial charge in [-0.3, -0.25) is 14.7 Å². The number of fused-ring (bicyclic) bond motifs is 1. The van der Waals surface area contributed by atoms with E-state index in [9.17, 15) is 4.79 Å². The molecular weight excluding hydrogens is 374 g/mol. The molecule has 1 amide bonds. The number of anilines is 1. The van der Waals surface area contributed by atoms with Crippen LogP contribution in [0.25, 0.3) is 17.0 Å². The fourth-order valence-electron chi connectivity index (χ4n) is 3.85. The van der Waals surface area contributed by atoms with Crippen LogP contribution in [0.3, 0.4) is 0 Å². The molecule has 0 bridgehead atoms. The number of para-hydroxylation sites is 1. The first-order valence-corrected chi connectivity index (χ1v) is 10.4. The van der Waals surface area contributed by atoms with Crippen LogP contribution >= 0.6 is 0 Å². The fourth-order valence-corrected chi connectivity index (χ4v) is 3.85. The Morgan fingerprint density at radius 1 is 1.03 bits per heavy atom. The highest BCUT2D eigenvalue weighted by Crippen LogP contribution is 2.17. The number of carbonyl (C=O) groups is 1. The number of hydrogen-bond donors (Lipinski definition) is 1. The molecule has 30 heavy (non-hydrogen) atoms. The summed E-state index contributed by atoms with van der Waals surface area (Å²) in [4.78, 5) is 25.9. The third-order valence-corrected chi connectivity index (χ3v) is 5.36. The molecule has 4 rings (SSSR count). The van der Waals surface area contributed by atoms with E-state index in [2.05, 4.69) is 38.1 Å². The van der Waals surface area contributed by atoms with Crippen molar-refractivity contribution in [2.24, 2.45) is 0 Å². The van der Waals surface area contributed by atoms with Crippen LogP contribution < -0.4 is 10.2 Å². The molecule has 1 N–H and O–H groups in total. The molecule has 6 nitrogen and oxygen atoms in total. The Hall–Kier alpha value is -3.25. The van der Waals surface area contributed by atoms with Crippen LogP contribution in [0.15, 0.2) is 67.0 Å². The van der Waals surface area contributed by atoms with E-state index in [-0.39, 0.29) is 11.9 Å². The zero-order chi connectivity index (χ0) is 20.8. The highest BCUT2D eigenvalue weighted by Gasteiger charge is 2.19. The van der Waals surface area contributed by atoms with Crippen molar-refractivity contribution < 1.29 is 4.79 Å². The van der Waals surface area contributed by atoms with Crippen LogP contribution in [0.1, 0.15) is 12.5 Å². The lowest BCUT2D eigenvalue weighted by atomic mass is 10.1. The van der Waals surface area contributed by atoms with Gasteiger partial charge in [0.15, 0.2) is 0 Å². The van der Waals surface area contributed by atoms with Gasteiger partial charge >= 0.3 is 0 Å². The Morgan fingerprint density at radius 3 is 2.63 bits per heavy atom. The van der Waals surface area contributed by atoms with Crippen LogP contribution in [0.5, 0.6) is 0 Å². The minimum atomic E-state index is -0.0736. The fraction of sp³-hybridized carbons (Fsp3) is 0.292. The summed E-state index contributed by atoms with van der Waals surface area (Å²) in [7, 11) is 0. The summed E-state index contributed by atoms with van der Waals surface area (Å²) in [5, 5.41) is 4.12. The molecule has 1 unspecified atom stereocenters. The maximum atomic E-state index is 12.4. The van der Waals surface area contributed by atoms with Crippen LogP contribution in [-0.2, 0) is 4.79 Å². The molecule has 0 aliphatic carbocycles. The van der Waals surface area contributed by atoms with Crippen molar-refractivity contribution >= 4 is 28.7 Å². The third-order valence-electron chi connectivity index (χ3n) is 5.36. The van der Waals surface area contributed by atoms with Gasteiger partial charge in [-0.05, 0) is 42.8 Å². The Bertz CT molecular complexity index is 1010. The van der Waals surface area contributed by atoms with Gasteiger partial charge in [0.25, 0.3) is 0 Å². The normalized spacial score (nSPS) is 16.1. The van der Waals surface area contributed by atoms with Gasteiger partial charge in [-0.15, -0.1) is 0 Å². The highest BCUT2D eigenvalue weighted by molar-refractivity contribution is 5.95. The summed E-state index contributed by atoms with van der Waals surface area (Å²) < 4.78 is 0. The molecule has 3 aromatic rings. The lowest BCUT2D eigenvalue weighted by Crippen LogP contribution is -2.50. The highest BCUT2D eigenvalue weighted by atomic mass is 16.1. The minimum absolute atomic E-state index is 0.0736. The smallest absolute Gasteiger partial charge is 0.244 e. The zero-order valence-corrected chi connectivity index (χ0v) is 17.2. The number of aromatic nitrogens is 2. The molecule has 1 fully saturated rings. The molecule has 2 aromatic heterocycles. The van der Waals surface area contributed by atoms with Crippen molar-refractivity contribution in [3.63, 3.8) is 0 Å². The van der Waals surface area contributed by atoms with E-state index in [1.165, 1.54) is 0 Å². The molecule has 0 spiro atoms. The average Bonchev–Trinajstić information content (AvgIpc) is 2.78. The predicted molar refractivity (Wildman–Crippen MR) is 121 cm³/mol. The second kappa shape index (κ2) is 9.50.